The number of hydrogen-bond acceptors (Lipinski definition) is 1. The van der Waals surface area contributed by atoms with Crippen molar-refractivity contribution in [1.29, 1.82) is 0 Å². The van der Waals surface area contributed by atoms with E-state index in [2.05, 4.69) is 48.7 Å². The molecule has 0 amide bonds. The zero-order valence-corrected chi connectivity index (χ0v) is 11.5. The summed E-state index contributed by atoms with van der Waals surface area (Å²) in [5.74, 6) is 0.771. The Bertz CT molecular complexity index is 610. The molecule has 2 heteroatoms. The summed E-state index contributed by atoms with van der Waals surface area (Å²) in [6.07, 6.45) is 1.71. The van der Waals surface area contributed by atoms with Gasteiger partial charge in [-0.25, -0.2) is 0 Å². The molecular weight excluding hydrogens is 234 g/mol. The number of hydrogen-bond donors (Lipinski definition) is 0. The van der Waals surface area contributed by atoms with Crippen LogP contribution in [0.2, 0.25) is 0 Å². The third-order valence-corrected chi connectivity index (χ3v) is 3.98. The number of Topliss-reactive ketones (excluding diaryl/α,β-unsaturated/α-hetero) is 1. The van der Waals surface area contributed by atoms with Gasteiger partial charge in [0.05, 0.1) is 0 Å². The van der Waals surface area contributed by atoms with Gasteiger partial charge in [-0.2, -0.15) is 0 Å². The summed E-state index contributed by atoms with van der Waals surface area (Å²) in [4.78, 5) is 12.1. The van der Waals surface area contributed by atoms with Crippen LogP contribution in [0.15, 0.2) is 36.4 Å². The second kappa shape index (κ2) is 4.69. The summed E-state index contributed by atoms with van der Waals surface area (Å²) in [5, 5.41) is 0. The maximum atomic E-state index is 12.1. The van der Waals surface area contributed by atoms with Gasteiger partial charge in [0.1, 0.15) is 0 Å². The maximum Gasteiger partial charge on any atom is 0.164 e. The van der Waals surface area contributed by atoms with Gasteiger partial charge in [0.2, 0.25) is 0 Å². The van der Waals surface area contributed by atoms with Gasteiger partial charge < -0.3 is 4.57 Å². The standard InChI is InChI=1S/C17H19NO/c1-12-8-16-15(17(19)9-12)10-13(2)18(16)11-14-6-4-3-5-7-14/h3-7,10,12H,8-9,11H2,1-2H3. The molecule has 1 aromatic carbocycles. The second-order valence-corrected chi connectivity index (χ2v) is 5.65. The van der Waals surface area contributed by atoms with Crippen LogP contribution in [0.5, 0.6) is 0 Å². The van der Waals surface area contributed by atoms with Crippen LogP contribution in [0.3, 0.4) is 0 Å². The number of carbonyl (C=O) groups is 1. The molecule has 0 saturated heterocycles. The Kier molecular flexibility index (Phi) is 3.02. The number of aromatic nitrogens is 1. The summed E-state index contributed by atoms with van der Waals surface area (Å²) in [6, 6.07) is 12.5. The summed E-state index contributed by atoms with van der Waals surface area (Å²) < 4.78 is 2.30. The van der Waals surface area contributed by atoms with Crippen LogP contribution in [0.25, 0.3) is 0 Å². The van der Waals surface area contributed by atoms with E-state index in [9.17, 15) is 4.79 Å². The van der Waals surface area contributed by atoms with Gasteiger partial charge in [-0.1, -0.05) is 37.3 Å². The van der Waals surface area contributed by atoms with Crippen molar-refractivity contribution in [2.24, 2.45) is 5.92 Å². The SMILES string of the molecule is Cc1cc2c(n1Cc1ccccc1)CC(C)CC2=O. The molecule has 1 aliphatic rings. The quantitative estimate of drug-likeness (QED) is 0.801. The Balaban J connectivity index is 2.01. The molecule has 1 unspecified atom stereocenters. The largest absolute Gasteiger partial charge is 0.344 e. The average Bonchev–Trinajstić information content (AvgIpc) is 2.69. The molecule has 3 rings (SSSR count). The number of nitrogens with zero attached hydrogens (tertiary/aromatic N) is 1. The lowest BCUT2D eigenvalue weighted by molar-refractivity contribution is 0.0952. The molecule has 0 N–H and O–H groups in total. The number of rotatable bonds is 2. The van der Waals surface area contributed by atoms with E-state index >= 15 is 0 Å². The van der Waals surface area contributed by atoms with Crippen LogP contribution in [0.1, 0.15) is 40.7 Å². The molecule has 0 saturated carbocycles. The van der Waals surface area contributed by atoms with Gasteiger partial charge >= 0.3 is 0 Å². The Morgan fingerprint density at radius 3 is 2.68 bits per heavy atom. The first-order chi connectivity index (χ1) is 9.15. The van der Waals surface area contributed by atoms with Crippen molar-refractivity contribution in [3.63, 3.8) is 0 Å². The highest BCUT2D eigenvalue weighted by Crippen LogP contribution is 2.28. The monoisotopic (exact) mass is 253 g/mol. The predicted octanol–water partition coefficient (Wildman–Crippen LogP) is 3.61. The molecular formula is C17H19NO. The van der Waals surface area contributed by atoms with Gasteiger partial charge in [-0.3, -0.25) is 4.79 Å². The number of benzene rings is 1. The zero-order valence-electron chi connectivity index (χ0n) is 11.5. The third-order valence-electron chi connectivity index (χ3n) is 3.98. The van der Waals surface area contributed by atoms with Crippen LogP contribution in [0.4, 0.5) is 0 Å². The normalized spacial score (nSPS) is 18.4. The second-order valence-electron chi connectivity index (χ2n) is 5.65. The molecule has 0 radical (unpaired) electrons. The molecule has 0 fully saturated rings. The van der Waals surface area contributed by atoms with E-state index in [0.717, 1.165) is 18.5 Å². The lowest BCUT2D eigenvalue weighted by atomic mass is 9.88. The average molecular weight is 253 g/mol. The Morgan fingerprint density at radius 1 is 1.21 bits per heavy atom. The van der Waals surface area contributed by atoms with Crippen molar-refractivity contribution in [2.45, 2.75) is 33.2 Å². The third kappa shape index (κ3) is 2.23. The highest BCUT2D eigenvalue weighted by molar-refractivity contribution is 5.98. The molecule has 0 aliphatic heterocycles. The van der Waals surface area contributed by atoms with Crippen LogP contribution < -0.4 is 0 Å². The van der Waals surface area contributed by atoms with E-state index in [1.165, 1.54) is 17.0 Å². The summed E-state index contributed by atoms with van der Waals surface area (Å²) >= 11 is 0. The summed E-state index contributed by atoms with van der Waals surface area (Å²) in [5.41, 5.74) is 4.66. The number of fused-ring (bicyclic) bond motifs is 1. The summed E-state index contributed by atoms with van der Waals surface area (Å²) in [6.45, 7) is 5.12. The van der Waals surface area contributed by atoms with Crippen molar-refractivity contribution in [2.75, 3.05) is 0 Å². The van der Waals surface area contributed by atoms with Crippen molar-refractivity contribution in [3.8, 4) is 0 Å². The fourth-order valence-electron chi connectivity index (χ4n) is 3.00. The Hall–Kier alpha value is -1.83. The first kappa shape index (κ1) is 12.2. The van der Waals surface area contributed by atoms with E-state index in [0.29, 0.717) is 18.1 Å². The van der Waals surface area contributed by atoms with Crippen molar-refractivity contribution in [1.82, 2.24) is 4.57 Å². The van der Waals surface area contributed by atoms with Crippen molar-refractivity contribution >= 4 is 5.78 Å². The number of ketones is 1. The molecule has 1 aliphatic carbocycles. The first-order valence-electron chi connectivity index (χ1n) is 6.91. The lowest BCUT2D eigenvalue weighted by Gasteiger charge is -2.20. The smallest absolute Gasteiger partial charge is 0.164 e. The molecule has 19 heavy (non-hydrogen) atoms. The zero-order chi connectivity index (χ0) is 13.4. The van der Waals surface area contributed by atoms with Gasteiger partial charge in [0.15, 0.2) is 5.78 Å². The fourth-order valence-corrected chi connectivity index (χ4v) is 3.00. The maximum absolute atomic E-state index is 12.1. The molecule has 1 heterocycles. The highest BCUT2D eigenvalue weighted by Gasteiger charge is 2.26. The van der Waals surface area contributed by atoms with Crippen LogP contribution in [0, 0.1) is 12.8 Å². The molecule has 2 aromatic rings. The van der Waals surface area contributed by atoms with Crippen LogP contribution >= 0.6 is 0 Å². The number of aryl methyl sites for hydroxylation is 1. The first-order valence-corrected chi connectivity index (χ1v) is 6.91. The molecule has 1 aromatic heterocycles. The topological polar surface area (TPSA) is 22.0 Å². The van der Waals surface area contributed by atoms with Gasteiger partial charge in [0.25, 0.3) is 0 Å². The Labute approximate surface area is 114 Å². The number of carbonyl (C=O) groups excluding carboxylic acids is 1. The predicted molar refractivity (Wildman–Crippen MR) is 76.5 cm³/mol. The molecule has 0 bridgehead atoms. The van der Waals surface area contributed by atoms with E-state index < -0.39 is 0 Å². The van der Waals surface area contributed by atoms with E-state index in [1.807, 2.05) is 6.07 Å². The summed E-state index contributed by atoms with van der Waals surface area (Å²) in [7, 11) is 0. The molecule has 0 spiro atoms. The molecule has 2 nitrogen and oxygen atoms in total. The molecule has 1 atom stereocenters. The van der Waals surface area contributed by atoms with E-state index in [-0.39, 0.29) is 0 Å². The van der Waals surface area contributed by atoms with E-state index in [4.69, 9.17) is 0 Å². The van der Waals surface area contributed by atoms with Crippen molar-refractivity contribution < 1.29 is 4.79 Å². The van der Waals surface area contributed by atoms with Crippen LogP contribution in [-0.2, 0) is 13.0 Å². The van der Waals surface area contributed by atoms with E-state index in [1.54, 1.807) is 0 Å². The Morgan fingerprint density at radius 2 is 1.95 bits per heavy atom. The minimum absolute atomic E-state index is 0.309. The molecule has 98 valence electrons. The lowest BCUT2D eigenvalue weighted by Crippen LogP contribution is -2.20. The highest BCUT2D eigenvalue weighted by atomic mass is 16.1. The van der Waals surface area contributed by atoms with Gasteiger partial charge in [-0.15, -0.1) is 0 Å². The minimum Gasteiger partial charge on any atom is -0.344 e. The fraction of sp³-hybridized carbons (Fsp3) is 0.353. The van der Waals surface area contributed by atoms with Crippen LogP contribution in [-0.4, -0.2) is 10.4 Å². The van der Waals surface area contributed by atoms with Gasteiger partial charge in [-0.05, 0) is 30.9 Å². The van der Waals surface area contributed by atoms with Crippen molar-refractivity contribution in [3.05, 3.63) is 58.9 Å². The minimum atomic E-state index is 0.309. The van der Waals surface area contributed by atoms with Gasteiger partial charge in [0, 0.05) is 29.9 Å².